The maximum Gasteiger partial charge on any atom is 0.0700 e. The van der Waals surface area contributed by atoms with Gasteiger partial charge >= 0.3 is 0 Å². The summed E-state index contributed by atoms with van der Waals surface area (Å²) in [5.41, 5.74) is 0. The molecule has 112 valence electrons. The normalized spacial score (nSPS) is 34.6. The zero-order valence-electron chi connectivity index (χ0n) is 12.7. The molecule has 0 saturated carbocycles. The molecule has 19 heavy (non-hydrogen) atoms. The molecular formula is C15H30N2O2. The Morgan fingerprint density at radius 2 is 2.21 bits per heavy atom. The summed E-state index contributed by atoms with van der Waals surface area (Å²) in [4.78, 5) is 2.61. The topological polar surface area (TPSA) is 33.7 Å². The van der Waals surface area contributed by atoms with E-state index in [9.17, 15) is 0 Å². The van der Waals surface area contributed by atoms with Crippen molar-refractivity contribution in [2.75, 3.05) is 32.8 Å². The molecule has 0 aliphatic carbocycles. The monoisotopic (exact) mass is 270 g/mol. The van der Waals surface area contributed by atoms with E-state index >= 15 is 0 Å². The largest absolute Gasteiger partial charge is 0.377 e. The van der Waals surface area contributed by atoms with Crippen LogP contribution in [0.2, 0.25) is 0 Å². The molecule has 2 heterocycles. The molecule has 4 nitrogen and oxygen atoms in total. The van der Waals surface area contributed by atoms with Crippen molar-refractivity contribution >= 4 is 0 Å². The summed E-state index contributed by atoms with van der Waals surface area (Å²) in [6.45, 7) is 11.7. The van der Waals surface area contributed by atoms with Crippen molar-refractivity contribution in [1.29, 1.82) is 0 Å². The van der Waals surface area contributed by atoms with Crippen LogP contribution in [0.4, 0.5) is 0 Å². The van der Waals surface area contributed by atoms with Gasteiger partial charge in [-0.25, -0.2) is 0 Å². The summed E-state index contributed by atoms with van der Waals surface area (Å²) < 4.78 is 11.4. The molecule has 0 aromatic carbocycles. The molecular weight excluding hydrogens is 240 g/mol. The highest BCUT2D eigenvalue weighted by atomic mass is 16.5. The van der Waals surface area contributed by atoms with Crippen molar-refractivity contribution < 1.29 is 9.47 Å². The number of rotatable bonds is 6. The van der Waals surface area contributed by atoms with Crippen LogP contribution in [0.3, 0.4) is 0 Å². The van der Waals surface area contributed by atoms with Crippen LogP contribution in [-0.2, 0) is 9.47 Å². The maximum atomic E-state index is 5.77. The van der Waals surface area contributed by atoms with Crippen molar-refractivity contribution in [2.45, 2.75) is 64.3 Å². The molecule has 0 bridgehead atoms. The Labute approximate surface area is 117 Å². The predicted molar refractivity (Wildman–Crippen MR) is 77.5 cm³/mol. The number of morpholine rings is 1. The van der Waals surface area contributed by atoms with Crippen LogP contribution in [-0.4, -0.2) is 62.0 Å². The fourth-order valence-electron chi connectivity index (χ4n) is 3.14. The first-order valence-corrected chi connectivity index (χ1v) is 7.90. The average Bonchev–Trinajstić information content (AvgIpc) is 2.91. The molecule has 0 aromatic heterocycles. The zero-order chi connectivity index (χ0) is 13.7. The third-order valence-electron chi connectivity index (χ3n) is 4.38. The molecule has 4 unspecified atom stereocenters. The van der Waals surface area contributed by atoms with Crippen LogP contribution in [0, 0.1) is 0 Å². The number of nitrogens with one attached hydrogen (secondary N) is 1. The van der Waals surface area contributed by atoms with Crippen LogP contribution < -0.4 is 5.32 Å². The Balaban J connectivity index is 1.71. The molecule has 0 radical (unpaired) electrons. The highest BCUT2D eigenvalue weighted by Gasteiger charge is 2.29. The SMILES string of the molecule is CCC1COC(C)CN1C(C)CNCC1CCCO1. The van der Waals surface area contributed by atoms with Crippen LogP contribution in [0.1, 0.15) is 40.0 Å². The second-order valence-corrected chi connectivity index (χ2v) is 6.05. The van der Waals surface area contributed by atoms with Gasteiger partial charge in [0.05, 0.1) is 18.8 Å². The van der Waals surface area contributed by atoms with Gasteiger partial charge in [0.15, 0.2) is 0 Å². The number of hydrogen-bond acceptors (Lipinski definition) is 4. The van der Waals surface area contributed by atoms with Crippen molar-refractivity contribution in [1.82, 2.24) is 10.2 Å². The molecule has 0 amide bonds. The highest BCUT2D eigenvalue weighted by molar-refractivity contribution is 4.83. The maximum absolute atomic E-state index is 5.77. The second kappa shape index (κ2) is 7.58. The quantitative estimate of drug-likeness (QED) is 0.795. The predicted octanol–water partition coefficient (Wildman–Crippen LogP) is 1.64. The van der Waals surface area contributed by atoms with Gasteiger partial charge in [0.1, 0.15) is 0 Å². The Bertz CT molecular complexity index is 257. The van der Waals surface area contributed by atoms with Crippen LogP contribution >= 0.6 is 0 Å². The molecule has 2 saturated heterocycles. The lowest BCUT2D eigenvalue weighted by molar-refractivity contribution is -0.0696. The Hall–Kier alpha value is -0.160. The fraction of sp³-hybridized carbons (Fsp3) is 1.00. The van der Waals surface area contributed by atoms with Crippen LogP contribution in [0.25, 0.3) is 0 Å². The van der Waals surface area contributed by atoms with Gasteiger partial charge in [-0.1, -0.05) is 6.92 Å². The van der Waals surface area contributed by atoms with Gasteiger partial charge in [-0.15, -0.1) is 0 Å². The van der Waals surface area contributed by atoms with E-state index in [2.05, 4.69) is 31.0 Å². The summed E-state index contributed by atoms with van der Waals surface area (Å²) in [6.07, 6.45) is 4.41. The number of ether oxygens (including phenoxy) is 2. The Kier molecular flexibility index (Phi) is 6.07. The molecule has 2 aliphatic rings. The number of hydrogen-bond donors (Lipinski definition) is 1. The van der Waals surface area contributed by atoms with E-state index in [4.69, 9.17) is 9.47 Å². The third kappa shape index (κ3) is 4.42. The van der Waals surface area contributed by atoms with Gasteiger partial charge in [-0.2, -0.15) is 0 Å². The van der Waals surface area contributed by atoms with E-state index < -0.39 is 0 Å². The zero-order valence-corrected chi connectivity index (χ0v) is 12.7. The van der Waals surface area contributed by atoms with Crippen molar-refractivity contribution in [3.63, 3.8) is 0 Å². The van der Waals surface area contributed by atoms with Gasteiger partial charge in [-0.05, 0) is 33.1 Å². The van der Waals surface area contributed by atoms with Gasteiger partial charge in [0.2, 0.25) is 0 Å². The minimum absolute atomic E-state index is 0.364. The molecule has 0 spiro atoms. The first-order chi connectivity index (χ1) is 9.20. The third-order valence-corrected chi connectivity index (χ3v) is 4.38. The van der Waals surface area contributed by atoms with E-state index in [1.807, 2.05) is 0 Å². The average molecular weight is 270 g/mol. The van der Waals surface area contributed by atoms with E-state index in [0.717, 1.165) is 32.8 Å². The molecule has 1 N–H and O–H groups in total. The van der Waals surface area contributed by atoms with Gasteiger partial charge in [0, 0.05) is 38.3 Å². The molecule has 0 aromatic rings. The molecule has 4 heteroatoms. The standard InChI is InChI=1S/C15H30N2O2/c1-4-14-11-19-13(3)10-17(14)12(2)8-16-9-15-6-5-7-18-15/h12-16H,4-11H2,1-3H3. The summed E-state index contributed by atoms with van der Waals surface area (Å²) in [5, 5.41) is 3.58. The first-order valence-electron chi connectivity index (χ1n) is 7.90. The lowest BCUT2D eigenvalue weighted by Crippen LogP contribution is -2.54. The number of nitrogens with zero attached hydrogens (tertiary/aromatic N) is 1. The molecule has 2 rings (SSSR count). The van der Waals surface area contributed by atoms with Gasteiger partial charge in [-0.3, -0.25) is 4.90 Å². The van der Waals surface area contributed by atoms with Crippen molar-refractivity contribution in [3.8, 4) is 0 Å². The van der Waals surface area contributed by atoms with Crippen molar-refractivity contribution in [3.05, 3.63) is 0 Å². The summed E-state index contributed by atoms with van der Waals surface area (Å²) in [6, 6.07) is 1.15. The summed E-state index contributed by atoms with van der Waals surface area (Å²) in [7, 11) is 0. The van der Waals surface area contributed by atoms with E-state index in [0.29, 0.717) is 24.3 Å². The lowest BCUT2D eigenvalue weighted by atomic mass is 10.1. The van der Waals surface area contributed by atoms with Gasteiger partial charge in [0.25, 0.3) is 0 Å². The van der Waals surface area contributed by atoms with E-state index in [1.165, 1.54) is 19.3 Å². The first kappa shape index (κ1) is 15.2. The van der Waals surface area contributed by atoms with Gasteiger partial charge < -0.3 is 14.8 Å². The second-order valence-electron chi connectivity index (χ2n) is 6.05. The summed E-state index contributed by atoms with van der Waals surface area (Å²) in [5.74, 6) is 0. The molecule has 2 fully saturated rings. The fourth-order valence-corrected chi connectivity index (χ4v) is 3.14. The Morgan fingerprint density at radius 3 is 2.89 bits per heavy atom. The Morgan fingerprint density at radius 1 is 1.37 bits per heavy atom. The summed E-state index contributed by atoms with van der Waals surface area (Å²) >= 11 is 0. The lowest BCUT2D eigenvalue weighted by Gasteiger charge is -2.42. The smallest absolute Gasteiger partial charge is 0.0700 e. The van der Waals surface area contributed by atoms with Crippen LogP contribution in [0.5, 0.6) is 0 Å². The highest BCUT2D eigenvalue weighted by Crippen LogP contribution is 2.17. The molecule has 2 aliphatic heterocycles. The minimum atomic E-state index is 0.364. The van der Waals surface area contributed by atoms with Crippen molar-refractivity contribution in [2.24, 2.45) is 0 Å². The molecule has 4 atom stereocenters. The van der Waals surface area contributed by atoms with Crippen LogP contribution in [0.15, 0.2) is 0 Å². The minimum Gasteiger partial charge on any atom is -0.377 e. The van der Waals surface area contributed by atoms with E-state index in [1.54, 1.807) is 0 Å². The van der Waals surface area contributed by atoms with E-state index in [-0.39, 0.29) is 0 Å².